The van der Waals surface area contributed by atoms with E-state index in [1.54, 1.807) is 30.5 Å². The van der Waals surface area contributed by atoms with Crippen molar-refractivity contribution in [2.75, 3.05) is 0 Å². The summed E-state index contributed by atoms with van der Waals surface area (Å²) in [6.45, 7) is 6.92. The van der Waals surface area contributed by atoms with Crippen molar-refractivity contribution in [1.29, 1.82) is 0 Å². The van der Waals surface area contributed by atoms with Crippen LogP contribution in [-0.2, 0) is 20.5 Å². The van der Waals surface area contributed by atoms with Gasteiger partial charge in [-0.15, -0.1) is 0 Å². The molecule has 2 amide bonds. The van der Waals surface area contributed by atoms with Crippen molar-refractivity contribution in [1.82, 2.24) is 15.6 Å². The van der Waals surface area contributed by atoms with Crippen molar-refractivity contribution in [2.45, 2.75) is 89.4 Å². The molecule has 1 aliphatic heterocycles. The first-order valence-corrected chi connectivity index (χ1v) is 16.9. The highest BCUT2D eigenvalue weighted by Gasteiger charge is 2.68. The van der Waals surface area contributed by atoms with E-state index in [-0.39, 0.29) is 40.4 Å². The molecule has 0 spiro atoms. The highest BCUT2D eigenvalue weighted by Crippen LogP contribution is 2.65. The van der Waals surface area contributed by atoms with Crippen LogP contribution in [0.15, 0.2) is 79.0 Å². The second-order valence-electron chi connectivity index (χ2n) is 14.5. The molecule has 5 fully saturated rings. The maximum Gasteiger partial charge on any atom is 0.481 e. The molecule has 5 aliphatic rings. The lowest BCUT2D eigenvalue weighted by atomic mass is 9.43. The van der Waals surface area contributed by atoms with Gasteiger partial charge in [-0.05, 0) is 79.2 Å². The summed E-state index contributed by atoms with van der Waals surface area (Å²) in [7, 11) is -0.521. The average Bonchev–Trinajstić information content (AvgIpc) is 3.40. The second-order valence-corrected chi connectivity index (χ2v) is 14.5. The zero-order valence-corrected chi connectivity index (χ0v) is 27.0. The van der Waals surface area contributed by atoms with Gasteiger partial charge in [0.1, 0.15) is 17.4 Å². The van der Waals surface area contributed by atoms with E-state index in [0.29, 0.717) is 29.9 Å². The Balaban J connectivity index is 1.11. The molecule has 2 N–H and O–H groups in total. The number of para-hydroxylation sites is 1. The minimum atomic E-state index is -0.838. The number of pyridine rings is 1. The highest BCUT2D eigenvalue weighted by molar-refractivity contribution is 6.48. The van der Waals surface area contributed by atoms with Crippen LogP contribution in [0.3, 0.4) is 0 Å². The van der Waals surface area contributed by atoms with Crippen LogP contribution >= 0.6 is 0 Å². The summed E-state index contributed by atoms with van der Waals surface area (Å²) in [5.74, 6) is 1.35. The predicted molar refractivity (Wildman–Crippen MR) is 176 cm³/mol. The van der Waals surface area contributed by atoms with Crippen LogP contribution in [0.2, 0.25) is 0 Å². The zero-order chi connectivity index (χ0) is 31.9. The monoisotopic (exact) mass is 621 g/mol. The van der Waals surface area contributed by atoms with E-state index in [0.717, 1.165) is 31.2 Å². The number of carbonyl (C=O) groups is 2. The molecule has 9 heteroatoms. The summed E-state index contributed by atoms with van der Waals surface area (Å²) in [4.78, 5) is 32.3. The standard InChI is InChI=1S/C37H44BN3O5/c1-36(2)26-22-30(36)37(3)31(23-26)45-38(46-37)32(21-25-14-10-15-25)41-34(43)29(20-24-12-6-4-7-13-24)40-33(42)28-18-11-19-39-35(28)44-27-16-8-5-9-17-27/h4-9,11-13,16-19,25-26,29-32H,10,14-15,20-23H2,1-3H3,(H,40,42)(H,41,43)/t26-,29-,30-,31+,32-,37-/m0/s1. The fourth-order valence-electron chi connectivity index (χ4n) is 8.22. The topological polar surface area (TPSA) is 98.8 Å². The minimum absolute atomic E-state index is 0.0310. The van der Waals surface area contributed by atoms with Crippen LogP contribution in [0, 0.1) is 23.2 Å². The van der Waals surface area contributed by atoms with Crippen LogP contribution in [0.4, 0.5) is 0 Å². The first kappa shape index (κ1) is 30.9. The van der Waals surface area contributed by atoms with E-state index in [2.05, 4.69) is 36.4 Å². The number of ether oxygens (including phenoxy) is 1. The van der Waals surface area contributed by atoms with Gasteiger partial charge in [0, 0.05) is 12.6 Å². The lowest BCUT2D eigenvalue weighted by molar-refractivity contribution is -0.199. The van der Waals surface area contributed by atoms with Crippen LogP contribution in [0.1, 0.15) is 75.2 Å². The Labute approximate surface area is 272 Å². The number of nitrogens with one attached hydrogen (secondary N) is 2. The lowest BCUT2D eigenvalue weighted by Gasteiger charge is -2.64. The third kappa shape index (κ3) is 5.95. The normalized spacial score (nSPS) is 27.4. The maximum absolute atomic E-state index is 14.2. The first-order valence-electron chi connectivity index (χ1n) is 16.9. The highest BCUT2D eigenvalue weighted by atomic mass is 16.7. The third-order valence-corrected chi connectivity index (χ3v) is 11.3. The van der Waals surface area contributed by atoms with Gasteiger partial charge in [-0.3, -0.25) is 9.59 Å². The smallest absolute Gasteiger partial charge is 0.438 e. The summed E-state index contributed by atoms with van der Waals surface area (Å²) in [5.41, 5.74) is 1.07. The Hall–Kier alpha value is -3.69. The number of aromatic nitrogens is 1. The van der Waals surface area contributed by atoms with Gasteiger partial charge in [-0.1, -0.05) is 81.6 Å². The third-order valence-electron chi connectivity index (χ3n) is 11.3. The van der Waals surface area contributed by atoms with E-state index in [9.17, 15) is 9.59 Å². The summed E-state index contributed by atoms with van der Waals surface area (Å²) < 4.78 is 19.5. The maximum atomic E-state index is 14.2. The molecule has 1 saturated heterocycles. The molecule has 8 nitrogen and oxygen atoms in total. The predicted octanol–water partition coefficient (Wildman–Crippen LogP) is 6.16. The van der Waals surface area contributed by atoms with E-state index in [1.807, 2.05) is 48.5 Å². The number of amides is 2. The number of hydrogen-bond acceptors (Lipinski definition) is 6. The van der Waals surface area contributed by atoms with Crippen molar-refractivity contribution in [3.8, 4) is 11.6 Å². The molecule has 8 rings (SSSR count). The van der Waals surface area contributed by atoms with Gasteiger partial charge in [0.15, 0.2) is 0 Å². The van der Waals surface area contributed by atoms with Crippen molar-refractivity contribution in [3.63, 3.8) is 0 Å². The van der Waals surface area contributed by atoms with Gasteiger partial charge in [-0.2, -0.15) is 0 Å². The molecule has 2 heterocycles. The van der Waals surface area contributed by atoms with Gasteiger partial charge in [-0.25, -0.2) is 4.98 Å². The van der Waals surface area contributed by atoms with Gasteiger partial charge >= 0.3 is 7.12 Å². The molecule has 0 unspecified atom stereocenters. The second kappa shape index (κ2) is 12.5. The molecular formula is C37H44BN3O5. The van der Waals surface area contributed by atoms with Crippen LogP contribution in [0.25, 0.3) is 0 Å². The number of hydrogen-bond donors (Lipinski definition) is 2. The molecule has 0 radical (unpaired) electrons. The van der Waals surface area contributed by atoms with Crippen LogP contribution in [-0.4, -0.2) is 47.6 Å². The largest absolute Gasteiger partial charge is 0.481 e. The summed E-state index contributed by atoms with van der Waals surface area (Å²) in [5, 5.41) is 6.33. The number of nitrogens with zero attached hydrogens (tertiary/aromatic N) is 1. The fourth-order valence-corrected chi connectivity index (χ4v) is 8.22. The number of carbonyl (C=O) groups excluding carboxylic acids is 2. The van der Waals surface area contributed by atoms with Gasteiger partial charge < -0.3 is 24.7 Å². The molecule has 4 saturated carbocycles. The van der Waals surface area contributed by atoms with Crippen LogP contribution in [0.5, 0.6) is 11.6 Å². The molecule has 1 aromatic heterocycles. The quantitative estimate of drug-likeness (QED) is 0.249. The van der Waals surface area contributed by atoms with Crippen molar-refractivity contribution in [3.05, 3.63) is 90.1 Å². The zero-order valence-electron chi connectivity index (χ0n) is 27.0. The Morgan fingerprint density at radius 3 is 2.41 bits per heavy atom. The molecule has 3 aromatic rings. The molecule has 240 valence electrons. The van der Waals surface area contributed by atoms with Gasteiger partial charge in [0.2, 0.25) is 11.8 Å². The van der Waals surface area contributed by atoms with Gasteiger partial charge in [0.25, 0.3) is 5.91 Å². The molecule has 2 aromatic carbocycles. The summed E-state index contributed by atoms with van der Waals surface area (Å²) in [6, 6.07) is 21.5. The fraction of sp³-hybridized carbons (Fsp3) is 0.486. The average molecular weight is 622 g/mol. The lowest BCUT2D eigenvalue weighted by Crippen LogP contribution is -2.65. The molecule has 4 aliphatic carbocycles. The Bertz CT molecular complexity index is 1550. The molecular weight excluding hydrogens is 577 g/mol. The number of rotatable bonds is 11. The van der Waals surface area contributed by atoms with Crippen molar-refractivity contribution >= 4 is 18.9 Å². The van der Waals surface area contributed by atoms with E-state index in [1.165, 1.54) is 12.8 Å². The SMILES string of the molecule is CC1(C)[C@@H]2C[C@H]3OB([C@H](CC4CCC4)NC(=O)[C@H](Cc4ccccc4)NC(=O)c4cccnc4Oc4ccccc4)O[C@@]3(C)[C@H]1C2. The Morgan fingerprint density at radius 1 is 0.978 bits per heavy atom. The Kier molecular flexibility index (Phi) is 8.40. The molecule has 6 atom stereocenters. The number of benzene rings is 2. The first-order chi connectivity index (χ1) is 22.2. The Morgan fingerprint density at radius 2 is 1.72 bits per heavy atom. The van der Waals surface area contributed by atoms with Gasteiger partial charge in [0.05, 0.1) is 17.6 Å². The van der Waals surface area contributed by atoms with Crippen molar-refractivity contribution < 1.29 is 23.6 Å². The summed E-state index contributed by atoms with van der Waals surface area (Å²) >= 11 is 0. The van der Waals surface area contributed by atoms with E-state index >= 15 is 0 Å². The molecule has 46 heavy (non-hydrogen) atoms. The molecule has 2 bridgehead atoms. The van der Waals surface area contributed by atoms with Crippen LogP contribution < -0.4 is 15.4 Å². The minimum Gasteiger partial charge on any atom is -0.438 e. The van der Waals surface area contributed by atoms with E-state index in [4.69, 9.17) is 14.0 Å². The van der Waals surface area contributed by atoms with E-state index < -0.39 is 19.1 Å². The summed E-state index contributed by atoms with van der Waals surface area (Å²) in [6.07, 6.45) is 8.40. The van der Waals surface area contributed by atoms with Crippen molar-refractivity contribution in [2.24, 2.45) is 23.2 Å².